The minimum Gasteiger partial charge on any atom is -0.367 e. The topological polar surface area (TPSA) is 70.4 Å². The van der Waals surface area contributed by atoms with Crippen molar-refractivity contribution in [3.8, 4) is 6.07 Å². The number of anilines is 1. The average Bonchev–Trinajstić information content (AvgIpc) is 3.10. The molecule has 0 radical (unpaired) electrons. The van der Waals surface area contributed by atoms with Gasteiger partial charge in [-0.25, -0.2) is 4.90 Å². The molecule has 0 saturated carbocycles. The highest BCUT2D eigenvalue weighted by Crippen LogP contribution is 2.61. The number of nitrogens with zero attached hydrogens (tertiary/aromatic N) is 2. The van der Waals surface area contributed by atoms with Crippen LogP contribution in [0.25, 0.3) is 0 Å². The van der Waals surface area contributed by atoms with Crippen molar-refractivity contribution < 1.29 is 27.5 Å². The minimum absolute atomic E-state index is 0.160. The number of carbonyl (C=O) groups excluding carboxylic acids is 2. The van der Waals surface area contributed by atoms with Crippen LogP contribution in [0.1, 0.15) is 37.8 Å². The smallest absolute Gasteiger partial charge is 0.367 e. The molecule has 4 rings (SSSR count). The Hall–Kier alpha value is -2.40. The fraction of sp³-hybridized carbons (Fsp3) is 0.500. The summed E-state index contributed by atoms with van der Waals surface area (Å²) in [6, 6.07) is 4.38. The molecule has 5 nitrogen and oxygen atoms in total. The number of hydrogen-bond acceptors (Lipinski definition) is 4. The number of amides is 2. The van der Waals surface area contributed by atoms with Crippen molar-refractivity contribution in [3.05, 3.63) is 29.3 Å². The van der Waals surface area contributed by atoms with Crippen molar-refractivity contribution in [2.24, 2.45) is 11.8 Å². The molecule has 0 spiro atoms. The van der Waals surface area contributed by atoms with Crippen molar-refractivity contribution >= 4 is 17.5 Å². The molecule has 3 fully saturated rings. The fourth-order valence-electron chi connectivity index (χ4n) is 4.73. The Kier molecular flexibility index (Phi) is 3.18. The monoisotopic (exact) mass is 364 g/mol. The van der Waals surface area contributed by atoms with Gasteiger partial charge in [0.25, 0.3) is 0 Å². The molecule has 3 aliphatic rings. The maximum absolute atomic E-state index is 13.2. The Morgan fingerprint density at radius 1 is 1.15 bits per heavy atom. The largest absolute Gasteiger partial charge is 0.417 e. The fourth-order valence-corrected chi connectivity index (χ4v) is 4.73. The van der Waals surface area contributed by atoms with Crippen LogP contribution < -0.4 is 4.90 Å². The molecule has 4 atom stereocenters. The lowest BCUT2D eigenvalue weighted by molar-refractivity contribution is -0.138. The van der Waals surface area contributed by atoms with Gasteiger partial charge < -0.3 is 4.74 Å². The molecule has 26 heavy (non-hydrogen) atoms. The van der Waals surface area contributed by atoms with E-state index in [0.29, 0.717) is 18.9 Å². The molecule has 3 heterocycles. The zero-order valence-corrected chi connectivity index (χ0v) is 14.1. The van der Waals surface area contributed by atoms with E-state index in [1.54, 1.807) is 13.8 Å². The van der Waals surface area contributed by atoms with E-state index >= 15 is 0 Å². The summed E-state index contributed by atoms with van der Waals surface area (Å²) in [5, 5.41) is 8.90. The molecule has 3 unspecified atom stereocenters. The van der Waals surface area contributed by atoms with Crippen molar-refractivity contribution in [2.75, 3.05) is 4.90 Å². The number of halogens is 3. The van der Waals surface area contributed by atoms with Crippen LogP contribution in [0, 0.1) is 23.2 Å². The van der Waals surface area contributed by atoms with Crippen molar-refractivity contribution in [1.29, 1.82) is 5.26 Å². The van der Waals surface area contributed by atoms with E-state index in [0.717, 1.165) is 11.0 Å². The second-order valence-electron chi connectivity index (χ2n) is 7.53. The molecule has 3 aliphatic heterocycles. The quantitative estimate of drug-likeness (QED) is 0.718. The van der Waals surface area contributed by atoms with E-state index in [9.17, 15) is 22.8 Å². The first-order valence-corrected chi connectivity index (χ1v) is 8.21. The number of hydrogen-bond donors (Lipinski definition) is 0. The summed E-state index contributed by atoms with van der Waals surface area (Å²) in [6.45, 7) is 3.55. The highest BCUT2D eigenvalue weighted by Gasteiger charge is 2.72. The van der Waals surface area contributed by atoms with Crippen LogP contribution in [-0.2, 0) is 20.5 Å². The molecule has 0 N–H and O–H groups in total. The molecule has 136 valence electrons. The van der Waals surface area contributed by atoms with Gasteiger partial charge in [0.15, 0.2) is 0 Å². The normalized spacial score (nSPS) is 35.8. The van der Waals surface area contributed by atoms with Gasteiger partial charge in [-0.15, -0.1) is 0 Å². The summed E-state index contributed by atoms with van der Waals surface area (Å²) in [5.74, 6) is -2.47. The number of alkyl halides is 3. The zero-order valence-electron chi connectivity index (χ0n) is 14.1. The summed E-state index contributed by atoms with van der Waals surface area (Å²) in [7, 11) is 0. The van der Waals surface area contributed by atoms with E-state index in [-0.39, 0.29) is 5.69 Å². The van der Waals surface area contributed by atoms with Crippen LogP contribution in [0.2, 0.25) is 0 Å². The van der Waals surface area contributed by atoms with Crippen LogP contribution in [0.4, 0.5) is 18.9 Å². The SMILES string of the molecule is CC12CCC(C)(O1)[C@@H]1C(=O)N(c3ccc(C#N)c(C(F)(F)F)c3)C(=O)C12. The third kappa shape index (κ3) is 2.01. The van der Waals surface area contributed by atoms with E-state index in [1.165, 1.54) is 12.1 Å². The lowest BCUT2D eigenvalue weighted by Gasteiger charge is -2.27. The second-order valence-corrected chi connectivity index (χ2v) is 7.53. The lowest BCUT2D eigenvalue weighted by atomic mass is 9.69. The molecule has 3 saturated heterocycles. The van der Waals surface area contributed by atoms with Crippen LogP contribution in [0.15, 0.2) is 18.2 Å². The third-order valence-electron chi connectivity index (χ3n) is 5.89. The molecular formula is C18H15F3N2O3. The Labute approximate surface area is 147 Å². The number of imide groups is 1. The first-order valence-electron chi connectivity index (χ1n) is 8.21. The van der Waals surface area contributed by atoms with Gasteiger partial charge in [0, 0.05) is 0 Å². The van der Waals surface area contributed by atoms with Gasteiger partial charge in [-0.1, -0.05) is 0 Å². The Balaban J connectivity index is 1.80. The third-order valence-corrected chi connectivity index (χ3v) is 5.89. The van der Waals surface area contributed by atoms with Gasteiger partial charge in [0.1, 0.15) is 0 Å². The number of fused-ring (bicyclic) bond motifs is 5. The van der Waals surface area contributed by atoms with E-state index in [2.05, 4.69) is 0 Å². The van der Waals surface area contributed by atoms with Crippen molar-refractivity contribution in [1.82, 2.24) is 0 Å². The summed E-state index contributed by atoms with van der Waals surface area (Å²) in [4.78, 5) is 26.7. The Morgan fingerprint density at radius 2 is 1.69 bits per heavy atom. The van der Waals surface area contributed by atoms with Crippen molar-refractivity contribution in [2.45, 2.75) is 44.1 Å². The molecular weight excluding hydrogens is 349 g/mol. The molecule has 2 amide bonds. The molecule has 0 aliphatic carbocycles. The summed E-state index contributed by atoms with van der Waals surface area (Å²) in [5.41, 5.74) is -3.43. The van der Waals surface area contributed by atoms with Gasteiger partial charge in [0.2, 0.25) is 11.8 Å². The van der Waals surface area contributed by atoms with Crippen molar-refractivity contribution in [3.63, 3.8) is 0 Å². The lowest BCUT2D eigenvalue weighted by Crippen LogP contribution is -2.40. The zero-order chi connectivity index (χ0) is 19.1. The van der Waals surface area contributed by atoms with Gasteiger partial charge in [0.05, 0.1) is 45.9 Å². The molecule has 2 bridgehead atoms. The van der Waals surface area contributed by atoms with Crippen LogP contribution >= 0.6 is 0 Å². The summed E-state index contributed by atoms with van der Waals surface area (Å²) in [6.07, 6.45) is -3.51. The Bertz CT molecular complexity index is 857. The Morgan fingerprint density at radius 3 is 2.15 bits per heavy atom. The van der Waals surface area contributed by atoms with Crippen LogP contribution in [0.5, 0.6) is 0 Å². The second kappa shape index (κ2) is 4.86. The summed E-state index contributed by atoms with van der Waals surface area (Å²) >= 11 is 0. The van der Waals surface area contributed by atoms with Gasteiger partial charge >= 0.3 is 6.18 Å². The highest BCUT2D eigenvalue weighted by atomic mass is 19.4. The molecule has 1 aromatic carbocycles. The standard InChI is InChI=1S/C18H15F3N2O3/c1-16-5-6-17(2,26-16)13-12(16)14(24)23(15(13)25)10-4-3-9(8-22)11(7-10)18(19,20)21/h3-4,7,12-13H,5-6H2,1-2H3/t12-,13?,16?,17?/m0/s1. The molecule has 0 aromatic heterocycles. The number of rotatable bonds is 1. The number of carbonyl (C=O) groups is 2. The summed E-state index contributed by atoms with van der Waals surface area (Å²) < 4.78 is 45.6. The maximum Gasteiger partial charge on any atom is 0.417 e. The average molecular weight is 364 g/mol. The van der Waals surface area contributed by atoms with Gasteiger partial charge in [-0.2, -0.15) is 18.4 Å². The number of nitriles is 1. The van der Waals surface area contributed by atoms with E-state index in [4.69, 9.17) is 10.00 Å². The molecule has 1 aromatic rings. The maximum atomic E-state index is 13.2. The predicted octanol–water partition coefficient (Wildman–Crippen LogP) is 3.02. The van der Waals surface area contributed by atoms with Crippen LogP contribution in [0.3, 0.4) is 0 Å². The van der Waals surface area contributed by atoms with E-state index < -0.39 is 52.2 Å². The minimum atomic E-state index is -4.76. The van der Waals surface area contributed by atoms with Gasteiger partial charge in [-0.05, 0) is 44.9 Å². The highest BCUT2D eigenvalue weighted by molar-refractivity contribution is 6.23. The van der Waals surface area contributed by atoms with E-state index in [1.807, 2.05) is 0 Å². The molecule has 8 heteroatoms. The van der Waals surface area contributed by atoms with Crippen LogP contribution in [-0.4, -0.2) is 23.0 Å². The predicted molar refractivity (Wildman–Crippen MR) is 82.8 cm³/mol. The number of ether oxygens (including phenoxy) is 1. The number of benzene rings is 1. The van der Waals surface area contributed by atoms with Gasteiger partial charge in [-0.3, -0.25) is 9.59 Å². The first-order chi connectivity index (χ1) is 12.0. The first kappa shape index (κ1) is 17.0.